The molecule has 1 N–H and O–H groups in total. The lowest BCUT2D eigenvalue weighted by molar-refractivity contribution is 0.246. The number of H-pyrrole nitrogens is 1. The van der Waals surface area contributed by atoms with E-state index < -0.39 is 0 Å². The summed E-state index contributed by atoms with van der Waals surface area (Å²) in [7, 11) is 0. The summed E-state index contributed by atoms with van der Waals surface area (Å²) in [5, 5.41) is 4.74. The lowest BCUT2D eigenvalue weighted by atomic mass is 9.87. The lowest BCUT2D eigenvalue weighted by Crippen LogP contribution is -2.46. The smallest absolute Gasteiger partial charge is 0.138 e. The zero-order chi connectivity index (χ0) is 23.9. The van der Waals surface area contributed by atoms with Crippen molar-refractivity contribution >= 4 is 16.7 Å². The number of hydrogen-bond donors (Lipinski definition) is 1. The second-order valence-electron chi connectivity index (χ2n) is 10.4. The quantitative estimate of drug-likeness (QED) is 0.438. The van der Waals surface area contributed by atoms with Crippen LogP contribution in [0.15, 0.2) is 48.5 Å². The molecule has 1 fully saturated rings. The Bertz CT molecular complexity index is 1270. The maximum Gasteiger partial charge on any atom is 0.138 e. The van der Waals surface area contributed by atoms with Crippen molar-refractivity contribution < 1.29 is 0 Å². The highest BCUT2D eigenvalue weighted by atomic mass is 15.3. The molecule has 0 amide bonds. The Morgan fingerprint density at radius 3 is 2.35 bits per heavy atom. The highest BCUT2D eigenvalue weighted by Crippen LogP contribution is 2.30. The molecule has 5 rings (SSSR count). The van der Waals surface area contributed by atoms with Crippen molar-refractivity contribution in [3.8, 4) is 11.4 Å². The fourth-order valence-electron chi connectivity index (χ4n) is 4.89. The van der Waals surface area contributed by atoms with Gasteiger partial charge in [-0.05, 0) is 43.0 Å². The number of benzene rings is 2. The Balaban J connectivity index is 1.31. The third-order valence-corrected chi connectivity index (χ3v) is 6.95. The van der Waals surface area contributed by atoms with Crippen LogP contribution in [0.25, 0.3) is 22.4 Å². The molecule has 1 aliphatic heterocycles. The molecule has 0 unspecified atom stereocenters. The average Bonchev–Trinajstić information content (AvgIpc) is 3.42. The van der Waals surface area contributed by atoms with Crippen molar-refractivity contribution in [1.29, 1.82) is 0 Å². The van der Waals surface area contributed by atoms with Crippen LogP contribution in [0.3, 0.4) is 0 Å². The molecule has 4 aromatic rings. The van der Waals surface area contributed by atoms with E-state index in [2.05, 4.69) is 103 Å². The molecule has 3 heterocycles. The van der Waals surface area contributed by atoms with Gasteiger partial charge in [0, 0.05) is 50.5 Å². The van der Waals surface area contributed by atoms with Crippen LogP contribution in [0, 0.1) is 6.92 Å². The molecule has 0 aliphatic carbocycles. The van der Waals surface area contributed by atoms with E-state index >= 15 is 0 Å². The van der Waals surface area contributed by atoms with Crippen LogP contribution < -0.4 is 4.90 Å². The monoisotopic (exact) mass is 456 g/mol. The minimum absolute atomic E-state index is 0.149. The normalized spacial score (nSPS) is 15.4. The first kappa shape index (κ1) is 22.7. The summed E-state index contributed by atoms with van der Waals surface area (Å²) in [6.45, 7) is 16.9. The number of nitrogens with zero attached hydrogens (tertiary/aromatic N) is 5. The fourth-order valence-corrected chi connectivity index (χ4v) is 4.89. The third kappa shape index (κ3) is 4.47. The van der Waals surface area contributed by atoms with E-state index in [1.165, 1.54) is 22.6 Å². The molecule has 0 saturated carbocycles. The summed E-state index contributed by atoms with van der Waals surface area (Å²) >= 11 is 0. The van der Waals surface area contributed by atoms with Crippen LogP contribution in [0.2, 0.25) is 0 Å². The number of hydrogen-bond acceptors (Lipinski definition) is 4. The highest BCUT2D eigenvalue weighted by Gasteiger charge is 2.21. The van der Waals surface area contributed by atoms with Gasteiger partial charge in [-0.15, -0.1) is 0 Å². The van der Waals surface area contributed by atoms with Crippen LogP contribution in [-0.4, -0.2) is 50.8 Å². The number of imidazole rings is 1. The van der Waals surface area contributed by atoms with Gasteiger partial charge in [-0.25, -0.2) is 4.98 Å². The summed E-state index contributed by atoms with van der Waals surface area (Å²) in [6.07, 6.45) is 0. The van der Waals surface area contributed by atoms with Crippen molar-refractivity contribution in [2.45, 2.75) is 53.1 Å². The van der Waals surface area contributed by atoms with Gasteiger partial charge in [0.2, 0.25) is 0 Å². The van der Waals surface area contributed by atoms with Crippen molar-refractivity contribution in [2.75, 3.05) is 31.1 Å². The zero-order valence-corrected chi connectivity index (χ0v) is 21.1. The molecule has 0 bridgehead atoms. The van der Waals surface area contributed by atoms with Gasteiger partial charge in [-0.3, -0.25) is 9.58 Å². The second kappa shape index (κ2) is 8.91. The van der Waals surface area contributed by atoms with Crippen molar-refractivity contribution in [1.82, 2.24) is 24.6 Å². The van der Waals surface area contributed by atoms with Gasteiger partial charge in [0.05, 0.1) is 16.9 Å². The number of para-hydroxylation sites is 1. The molecule has 0 spiro atoms. The van der Waals surface area contributed by atoms with E-state index in [0.717, 1.165) is 61.7 Å². The van der Waals surface area contributed by atoms with Crippen molar-refractivity contribution in [3.63, 3.8) is 0 Å². The van der Waals surface area contributed by atoms with Gasteiger partial charge >= 0.3 is 0 Å². The van der Waals surface area contributed by atoms with Crippen LogP contribution in [0.4, 0.5) is 5.69 Å². The topological polar surface area (TPSA) is 53.0 Å². The van der Waals surface area contributed by atoms with Crippen LogP contribution in [0.5, 0.6) is 0 Å². The van der Waals surface area contributed by atoms with Crippen LogP contribution in [0.1, 0.15) is 44.6 Å². The largest absolute Gasteiger partial charge is 0.367 e. The van der Waals surface area contributed by atoms with Gasteiger partial charge in [-0.1, -0.05) is 51.1 Å². The number of aromatic amines is 1. The summed E-state index contributed by atoms with van der Waals surface area (Å²) < 4.78 is 2.08. The first-order valence-electron chi connectivity index (χ1n) is 12.4. The van der Waals surface area contributed by atoms with E-state index in [1.807, 2.05) is 0 Å². The molecular formula is C28H36N6. The molecule has 0 atom stereocenters. The standard InChI is InChI=1S/C28H36N6/c1-6-34-20(2)18-23(31-34)19-32-14-16-33(17-15-32)25-9-7-8-24-26(25)30-27(29-24)21-10-12-22(13-11-21)28(3,4)5/h7-13,18H,6,14-17,19H2,1-5H3,(H,29,30). The lowest BCUT2D eigenvalue weighted by Gasteiger charge is -2.35. The van der Waals surface area contributed by atoms with Crippen molar-refractivity contribution in [2.24, 2.45) is 0 Å². The number of rotatable bonds is 5. The average molecular weight is 457 g/mol. The minimum Gasteiger partial charge on any atom is -0.367 e. The summed E-state index contributed by atoms with van der Waals surface area (Å²) in [5.74, 6) is 0.934. The fraction of sp³-hybridized carbons (Fsp3) is 0.429. The highest BCUT2D eigenvalue weighted by molar-refractivity contribution is 5.91. The Labute approximate surface area is 202 Å². The van der Waals surface area contributed by atoms with Crippen LogP contribution in [-0.2, 0) is 18.5 Å². The predicted molar refractivity (Wildman–Crippen MR) is 140 cm³/mol. The molecule has 0 radical (unpaired) electrons. The van der Waals surface area contributed by atoms with Gasteiger partial charge in [0.25, 0.3) is 0 Å². The summed E-state index contributed by atoms with van der Waals surface area (Å²) in [4.78, 5) is 13.6. The van der Waals surface area contributed by atoms with Gasteiger partial charge in [-0.2, -0.15) is 5.10 Å². The van der Waals surface area contributed by atoms with Crippen molar-refractivity contribution in [3.05, 3.63) is 65.5 Å². The Kier molecular flexibility index (Phi) is 5.94. The number of anilines is 1. The second-order valence-corrected chi connectivity index (χ2v) is 10.4. The maximum absolute atomic E-state index is 5.03. The SMILES string of the molecule is CCn1nc(CN2CCN(c3cccc4[nH]c(-c5ccc(C(C)(C)C)cc5)nc34)CC2)cc1C. The molecule has 34 heavy (non-hydrogen) atoms. The molecule has 6 nitrogen and oxygen atoms in total. The van der Waals surface area contributed by atoms with E-state index in [1.54, 1.807) is 0 Å². The van der Waals surface area contributed by atoms with E-state index in [0.29, 0.717) is 0 Å². The predicted octanol–water partition coefficient (Wildman–Crippen LogP) is 5.37. The zero-order valence-electron chi connectivity index (χ0n) is 21.1. The molecular weight excluding hydrogens is 420 g/mol. The molecule has 178 valence electrons. The number of piperazine rings is 1. The molecule has 2 aromatic heterocycles. The molecule has 1 aliphatic rings. The Hall–Kier alpha value is -3.12. The number of aryl methyl sites for hydroxylation is 2. The van der Waals surface area contributed by atoms with Gasteiger partial charge in [0.1, 0.15) is 11.3 Å². The maximum atomic E-state index is 5.03. The first-order valence-corrected chi connectivity index (χ1v) is 12.4. The minimum atomic E-state index is 0.149. The molecule has 6 heteroatoms. The molecule has 2 aromatic carbocycles. The van der Waals surface area contributed by atoms with E-state index in [9.17, 15) is 0 Å². The third-order valence-electron chi connectivity index (χ3n) is 6.95. The first-order chi connectivity index (χ1) is 16.3. The number of aromatic nitrogens is 4. The van der Waals surface area contributed by atoms with E-state index in [4.69, 9.17) is 10.1 Å². The van der Waals surface area contributed by atoms with Gasteiger partial charge < -0.3 is 9.88 Å². The van der Waals surface area contributed by atoms with Crippen LogP contribution >= 0.6 is 0 Å². The Morgan fingerprint density at radius 1 is 0.971 bits per heavy atom. The Morgan fingerprint density at radius 2 is 1.71 bits per heavy atom. The summed E-state index contributed by atoms with van der Waals surface area (Å²) in [6, 6.07) is 17.5. The molecule has 1 saturated heterocycles. The number of fused-ring (bicyclic) bond motifs is 1. The van der Waals surface area contributed by atoms with E-state index in [-0.39, 0.29) is 5.41 Å². The van der Waals surface area contributed by atoms with Gasteiger partial charge in [0.15, 0.2) is 0 Å². The summed E-state index contributed by atoms with van der Waals surface area (Å²) in [5.41, 5.74) is 8.39. The number of nitrogens with one attached hydrogen (secondary N) is 1.